The molecule has 7 heteroatoms. The van der Waals surface area contributed by atoms with Gasteiger partial charge in [-0.2, -0.15) is 0 Å². The van der Waals surface area contributed by atoms with Crippen LogP contribution in [-0.2, 0) is 11.9 Å². The summed E-state index contributed by atoms with van der Waals surface area (Å²) in [5, 5.41) is 3.59. The number of nitrogens with zero attached hydrogens (tertiary/aromatic N) is 2. The molecule has 2 aromatic heterocycles. The van der Waals surface area contributed by atoms with Gasteiger partial charge in [0.2, 0.25) is 0 Å². The Morgan fingerprint density at radius 1 is 1.42 bits per heavy atom. The molecule has 132 valence electrons. The molecule has 3 rings (SSSR count). The molecule has 1 aromatic carbocycles. The van der Waals surface area contributed by atoms with E-state index in [0.29, 0.717) is 34.6 Å². The van der Waals surface area contributed by atoms with Crippen LogP contribution in [0.15, 0.2) is 36.5 Å². The molecule has 26 heavy (non-hydrogen) atoms. The fraction of sp³-hybridized carbons (Fsp3) is 0.158. The number of nitrogens with one attached hydrogen (secondary N) is 2. The fourth-order valence-electron chi connectivity index (χ4n) is 2.66. The Morgan fingerprint density at radius 3 is 2.92 bits per heavy atom. The van der Waals surface area contributed by atoms with Crippen LogP contribution >= 0.6 is 0 Å². The molecule has 0 aliphatic carbocycles. The van der Waals surface area contributed by atoms with Crippen molar-refractivity contribution in [2.45, 2.75) is 6.92 Å². The lowest BCUT2D eigenvalue weighted by atomic mass is 10.1. The normalized spacial score (nSPS) is 10.5. The van der Waals surface area contributed by atoms with Crippen molar-refractivity contribution in [3.05, 3.63) is 53.5 Å². The molecule has 0 saturated heterocycles. The van der Waals surface area contributed by atoms with Crippen LogP contribution in [0.4, 0.5) is 15.9 Å². The van der Waals surface area contributed by atoms with E-state index in [1.165, 1.54) is 12.1 Å². The largest absolute Gasteiger partial charge is 0.339 e. The number of carbonyl (C=O) groups excluding carboxylic acids is 1. The monoisotopic (exact) mass is 352 g/mol. The number of aryl methyl sites for hydroxylation is 1. The summed E-state index contributed by atoms with van der Waals surface area (Å²) in [6.07, 6.45) is 6.91. The zero-order valence-electron chi connectivity index (χ0n) is 14.3. The van der Waals surface area contributed by atoms with Gasteiger partial charge in [0.25, 0.3) is 5.91 Å². The number of pyridine rings is 1. The first-order valence-corrected chi connectivity index (χ1v) is 7.95. The number of hydrogen-bond donors (Lipinski definition) is 2. The third-order valence-electron chi connectivity index (χ3n) is 3.87. The van der Waals surface area contributed by atoms with Crippen LogP contribution in [0.1, 0.15) is 22.8 Å². The van der Waals surface area contributed by atoms with Crippen LogP contribution in [0.3, 0.4) is 0 Å². The Bertz CT molecular complexity index is 1020. The van der Waals surface area contributed by atoms with Crippen LogP contribution in [0.5, 0.6) is 0 Å². The maximum Gasteiger partial charge on any atom is 0.279 e. The molecule has 0 spiro atoms. The van der Waals surface area contributed by atoms with E-state index in [2.05, 4.69) is 21.7 Å². The molecule has 0 atom stereocenters. The lowest BCUT2D eigenvalue weighted by Gasteiger charge is -2.12. The Hall–Kier alpha value is -3.37. The number of halogens is 1. The molecular formula is C19H17FN4O2. The van der Waals surface area contributed by atoms with Gasteiger partial charge in [-0.15, -0.1) is 6.42 Å². The minimum atomic E-state index is -0.519. The van der Waals surface area contributed by atoms with Crippen molar-refractivity contribution in [3.63, 3.8) is 0 Å². The molecular weight excluding hydrogens is 335 g/mol. The van der Waals surface area contributed by atoms with E-state index < -0.39 is 11.7 Å². The fourth-order valence-corrected chi connectivity index (χ4v) is 2.66. The van der Waals surface area contributed by atoms with Crippen LogP contribution in [0.2, 0.25) is 0 Å². The molecule has 0 saturated carbocycles. The third-order valence-corrected chi connectivity index (χ3v) is 3.87. The maximum atomic E-state index is 14.3. The predicted molar refractivity (Wildman–Crippen MR) is 97.4 cm³/mol. The summed E-state index contributed by atoms with van der Waals surface area (Å²) in [6.45, 7) is 2.08. The van der Waals surface area contributed by atoms with Crippen molar-refractivity contribution < 1.29 is 14.0 Å². The Kier molecular flexibility index (Phi) is 4.87. The zero-order chi connectivity index (χ0) is 18.7. The summed E-state index contributed by atoms with van der Waals surface area (Å²) in [4.78, 5) is 21.9. The number of anilines is 2. The second kappa shape index (κ2) is 7.25. The highest BCUT2D eigenvalue weighted by Crippen LogP contribution is 2.31. The summed E-state index contributed by atoms with van der Waals surface area (Å²) in [7, 11) is 1.74. The van der Waals surface area contributed by atoms with Gasteiger partial charge in [0.05, 0.1) is 17.9 Å². The Morgan fingerprint density at radius 2 is 2.23 bits per heavy atom. The van der Waals surface area contributed by atoms with E-state index in [0.717, 1.165) is 0 Å². The third kappa shape index (κ3) is 3.10. The quantitative estimate of drug-likeness (QED) is 0.547. The minimum Gasteiger partial charge on any atom is -0.339 e. The maximum absolute atomic E-state index is 14.3. The molecule has 0 aliphatic rings. The Labute approximate surface area is 149 Å². The van der Waals surface area contributed by atoms with Crippen molar-refractivity contribution in [1.82, 2.24) is 15.0 Å². The highest BCUT2D eigenvalue weighted by Gasteiger charge is 2.23. The molecule has 0 aliphatic heterocycles. The molecule has 0 unspecified atom stereocenters. The lowest BCUT2D eigenvalue weighted by molar-refractivity contribution is 0.0367. The van der Waals surface area contributed by atoms with Crippen molar-refractivity contribution in [2.75, 3.05) is 11.9 Å². The summed E-state index contributed by atoms with van der Waals surface area (Å²) >= 11 is 0. The molecule has 3 aromatic rings. The SMILES string of the molecule is C#Cc1ccc(Nc2c(C(=O)NOCC)c3cccnc3n2C)c(F)c1. The number of benzene rings is 1. The number of fused-ring (bicyclic) bond motifs is 1. The van der Waals surface area contributed by atoms with Gasteiger partial charge >= 0.3 is 0 Å². The minimum absolute atomic E-state index is 0.195. The number of rotatable bonds is 5. The zero-order valence-corrected chi connectivity index (χ0v) is 14.3. The van der Waals surface area contributed by atoms with E-state index in [1.807, 2.05) is 0 Å². The van der Waals surface area contributed by atoms with Crippen LogP contribution < -0.4 is 10.8 Å². The highest BCUT2D eigenvalue weighted by atomic mass is 19.1. The van der Waals surface area contributed by atoms with Gasteiger partial charge in [-0.1, -0.05) is 5.92 Å². The first kappa shape index (κ1) is 17.5. The Balaban J connectivity index is 2.11. The van der Waals surface area contributed by atoms with Gasteiger partial charge in [0.1, 0.15) is 17.3 Å². The number of terminal acetylenes is 1. The molecule has 0 radical (unpaired) electrons. The standard InChI is InChI=1S/C19H17FN4O2/c1-4-12-8-9-15(14(20)11-12)22-18-16(19(25)23-26-5-2)13-7-6-10-21-17(13)24(18)3/h1,6-11,22H,5H2,2-3H3,(H,23,25). The number of amides is 1. The molecule has 1 amide bonds. The van der Waals surface area contributed by atoms with E-state index in [9.17, 15) is 9.18 Å². The highest BCUT2D eigenvalue weighted by molar-refractivity contribution is 6.11. The first-order chi connectivity index (χ1) is 12.6. The number of hydroxylamine groups is 1. The summed E-state index contributed by atoms with van der Waals surface area (Å²) < 4.78 is 16.0. The van der Waals surface area contributed by atoms with Gasteiger partial charge in [-0.3, -0.25) is 9.63 Å². The van der Waals surface area contributed by atoms with Crippen molar-refractivity contribution >= 4 is 28.4 Å². The summed E-state index contributed by atoms with van der Waals surface area (Å²) in [6, 6.07) is 7.90. The van der Waals surface area contributed by atoms with Gasteiger partial charge in [0, 0.05) is 24.2 Å². The first-order valence-electron chi connectivity index (χ1n) is 7.95. The number of aromatic nitrogens is 2. The average Bonchev–Trinajstić information content (AvgIpc) is 2.93. The summed E-state index contributed by atoms with van der Waals surface area (Å²) in [5.74, 6) is 1.80. The van der Waals surface area contributed by atoms with Gasteiger partial charge < -0.3 is 9.88 Å². The van der Waals surface area contributed by atoms with E-state index in [-0.39, 0.29) is 5.69 Å². The van der Waals surface area contributed by atoms with E-state index in [1.54, 1.807) is 42.9 Å². The second-order valence-corrected chi connectivity index (χ2v) is 5.49. The second-order valence-electron chi connectivity index (χ2n) is 5.49. The van der Waals surface area contributed by atoms with Crippen molar-refractivity contribution in [3.8, 4) is 12.3 Å². The van der Waals surface area contributed by atoms with Gasteiger partial charge in [-0.05, 0) is 37.3 Å². The molecule has 0 bridgehead atoms. The number of carbonyl (C=O) groups is 1. The van der Waals surface area contributed by atoms with Crippen LogP contribution in [0.25, 0.3) is 11.0 Å². The lowest BCUT2D eigenvalue weighted by Crippen LogP contribution is -2.24. The van der Waals surface area contributed by atoms with Crippen LogP contribution in [0, 0.1) is 18.2 Å². The number of hydrogen-bond acceptors (Lipinski definition) is 4. The molecule has 2 heterocycles. The van der Waals surface area contributed by atoms with Gasteiger partial charge in [-0.25, -0.2) is 14.9 Å². The molecule has 6 nitrogen and oxygen atoms in total. The topological polar surface area (TPSA) is 68.2 Å². The van der Waals surface area contributed by atoms with E-state index >= 15 is 0 Å². The molecule has 2 N–H and O–H groups in total. The average molecular weight is 352 g/mol. The molecule has 0 fully saturated rings. The predicted octanol–water partition coefficient (Wildman–Crippen LogP) is 3.12. The van der Waals surface area contributed by atoms with E-state index in [4.69, 9.17) is 11.3 Å². The van der Waals surface area contributed by atoms with Gasteiger partial charge in [0.15, 0.2) is 0 Å². The van der Waals surface area contributed by atoms with Crippen molar-refractivity contribution in [1.29, 1.82) is 0 Å². The van der Waals surface area contributed by atoms with Crippen LogP contribution in [-0.4, -0.2) is 22.1 Å². The smallest absolute Gasteiger partial charge is 0.279 e. The summed E-state index contributed by atoms with van der Waals surface area (Å²) in [5.41, 5.74) is 3.89. The van der Waals surface area contributed by atoms with Crippen molar-refractivity contribution in [2.24, 2.45) is 7.05 Å².